The summed E-state index contributed by atoms with van der Waals surface area (Å²) in [5, 5.41) is 17.4. The van der Waals surface area contributed by atoms with Gasteiger partial charge in [0.1, 0.15) is 5.82 Å². The smallest absolute Gasteiger partial charge is 0.337 e. The van der Waals surface area contributed by atoms with Crippen molar-refractivity contribution in [3.05, 3.63) is 35.3 Å². The fraction of sp³-hybridized carbons (Fsp3) is 0. The third-order valence-corrected chi connectivity index (χ3v) is 2.21. The highest BCUT2D eigenvalue weighted by Crippen LogP contribution is 2.21. The molecule has 0 fully saturated rings. The number of para-hydroxylation sites is 1. The van der Waals surface area contributed by atoms with Crippen LogP contribution in [0.15, 0.2) is 22.8 Å². The number of nitrogen functional groups attached to an aromatic ring is 1. The average Bonchev–Trinajstić information content (AvgIpc) is 2.77. The maximum absolute atomic E-state index is 13.5. The molecular formula is C10H7FN4O4. The first-order chi connectivity index (χ1) is 9.00. The molecule has 9 heteroatoms. The summed E-state index contributed by atoms with van der Waals surface area (Å²) >= 11 is 0. The van der Waals surface area contributed by atoms with Crippen LogP contribution in [-0.2, 0) is 0 Å². The van der Waals surface area contributed by atoms with Gasteiger partial charge in [-0.3, -0.25) is 4.79 Å². The Morgan fingerprint density at radius 2 is 2.11 bits per heavy atom. The van der Waals surface area contributed by atoms with E-state index in [0.717, 1.165) is 12.1 Å². The molecule has 1 heterocycles. The Hall–Kier alpha value is -2.97. The van der Waals surface area contributed by atoms with Gasteiger partial charge in [-0.2, -0.15) is 0 Å². The summed E-state index contributed by atoms with van der Waals surface area (Å²) in [7, 11) is 0. The number of hydrogen-bond acceptors (Lipinski definition) is 6. The molecule has 1 aromatic carbocycles. The molecule has 0 saturated heterocycles. The highest BCUT2D eigenvalue weighted by molar-refractivity contribution is 6.08. The van der Waals surface area contributed by atoms with Gasteiger partial charge in [0.15, 0.2) is 0 Å². The van der Waals surface area contributed by atoms with Crippen LogP contribution >= 0.6 is 0 Å². The van der Waals surface area contributed by atoms with Crippen LogP contribution in [-0.4, -0.2) is 27.3 Å². The number of carboxylic acid groups (broad SMARTS) is 1. The van der Waals surface area contributed by atoms with Gasteiger partial charge < -0.3 is 16.2 Å². The highest BCUT2D eigenvalue weighted by atomic mass is 19.1. The lowest BCUT2D eigenvalue weighted by Gasteiger charge is -2.07. The number of amides is 1. The summed E-state index contributed by atoms with van der Waals surface area (Å²) in [5.74, 6) is -3.50. The fourth-order valence-corrected chi connectivity index (χ4v) is 1.36. The van der Waals surface area contributed by atoms with E-state index >= 15 is 0 Å². The van der Waals surface area contributed by atoms with E-state index in [0.29, 0.717) is 0 Å². The lowest BCUT2D eigenvalue weighted by molar-refractivity contribution is 0.0697. The zero-order valence-electron chi connectivity index (χ0n) is 9.25. The standard InChI is InChI=1S/C10H7FN4O4/c11-5-3-1-2-4(10(17)18)6(5)13-9(16)7-8(12)15-19-14-7/h1-3H,(H2,12,15)(H,13,16)(H,17,18). The number of halogens is 1. The lowest BCUT2D eigenvalue weighted by atomic mass is 10.1. The van der Waals surface area contributed by atoms with Gasteiger partial charge in [-0.05, 0) is 22.4 Å². The van der Waals surface area contributed by atoms with Crippen molar-refractivity contribution >= 4 is 23.4 Å². The van der Waals surface area contributed by atoms with Gasteiger partial charge in [0, 0.05) is 0 Å². The monoisotopic (exact) mass is 266 g/mol. The van der Waals surface area contributed by atoms with Gasteiger partial charge in [-0.25, -0.2) is 13.8 Å². The molecular weight excluding hydrogens is 259 g/mol. The molecule has 2 aromatic rings. The number of rotatable bonds is 3. The van der Waals surface area contributed by atoms with Gasteiger partial charge in [0.2, 0.25) is 11.5 Å². The number of hydrogen-bond donors (Lipinski definition) is 3. The van der Waals surface area contributed by atoms with Crippen LogP contribution < -0.4 is 11.1 Å². The fourth-order valence-electron chi connectivity index (χ4n) is 1.36. The van der Waals surface area contributed by atoms with Crippen molar-refractivity contribution in [1.82, 2.24) is 10.3 Å². The maximum Gasteiger partial charge on any atom is 0.337 e. The van der Waals surface area contributed by atoms with Crippen LogP contribution in [0.25, 0.3) is 0 Å². The summed E-state index contributed by atoms with van der Waals surface area (Å²) in [5.41, 5.74) is 4.05. The highest BCUT2D eigenvalue weighted by Gasteiger charge is 2.21. The van der Waals surface area contributed by atoms with Crippen LogP contribution in [0.2, 0.25) is 0 Å². The number of benzene rings is 1. The van der Waals surface area contributed by atoms with E-state index in [1.807, 2.05) is 0 Å². The molecule has 0 atom stereocenters. The number of nitrogens with two attached hydrogens (primary N) is 1. The summed E-state index contributed by atoms with van der Waals surface area (Å²) in [4.78, 5) is 22.6. The predicted molar refractivity (Wildman–Crippen MR) is 60.0 cm³/mol. The number of aromatic nitrogens is 2. The van der Waals surface area contributed by atoms with E-state index in [1.54, 1.807) is 0 Å². The van der Waals surface area contributed by atoms with E-state index < -0.39 is 28.9 Å². The second-order valence-corrected chi connectivity index (χ2v) is 3.42. The average molecular weight is 266 g/mol. The first-order valence-electron chi connectivity index (χ1n) is 4.92. The minimum Gasteiger partial charge on any atom is -0.478 e. The van der Waals surface area contributed by atoms with Crippen molar-refractivity contribution in [2.75, 3.05) is 11.1 Å². The summed E-state index contributed by atoms with van der Waals surface area (Å²) < 4.78 is 17.8. The Morgan fingerprint density at radius 1 is 1.37 bits per heavy atom. The first-order valence-corrected chi connectivity index (χ1v) is 4.92. The maximum atomic E-state index is 13.5. The topological polar surface area (TPSA) is 131 Å². The summed E-state index contributed by atoms with van der Waals surface area (Å²) in [6, 6.07) is 3.36. The molecule has 98 valence electrons. The van der Waals surface area contributed by atoms with Crippen LogP contribution in [0.4, 0.5) is 15.9 Å². The van der Waals surface area contributed by atoms with Crippen LogP contribution in [0.1, 0.15) is 20.8 Å². The molecule has 0 radical (unpaired) electrons. The molecule has 0 bridgehead atoms. The minimum atomic E-state index is -1.39. The van der Waals surface area contributed by atoms with Gasteiger partial charge in [-0.15, -0.1) is 0 Å². The van der Waals surface area contributed by atoms with Gasteiger partial charge >= 0.3 is 5.97 Å². The number of nitrogens with one attached hydrogen (secondary N) is 1. The number of carbonyl (C=O) groups excluding carboxylic acids is 1. The zero-order valence-corrected chi connectivity index (χ0v) is 9.25. The van der Waals surface area contributed by atoms with Crippen molar-refractivity contribution in [3.63, 3.8) is 0 Å². The first kappa shape index (κ1) is 12.5. The van der Waals surface area contributed by atoms with Crippen molar-refractivity contribution in [1.29, 1.82) is 0 Å². The molecule has 1 amide bonds. The third-order valence-electron chi connectivity index (χ3n) is 2.21. The molecule has 0 saturated carbocycles. The molecule has 2 rings (SSSR count). The van der Waals surface area contributed by atoms with E-state index in [4.69, 9.17) is 10.8 Å². The van der Waals surface area contributed by atoms with E-state index in [9.17, 15) is 14.0 Å². The molecule has 0 unspecified atom stereocenters. The Labute approximate surface area is 105 Å². The second-order valence-electron chi connectivity index (χ2n) is 3.42. The molecule has 0 aliphatic rings. The normalized spacial score (nSPS) is 10.2. The Bertz CT molecular complexity index is 655. The molecule has 1 aromatic heterocycles. The molecule has 0 aliphatic heterocycles. The van der Waals surface area contributed by atoms with E-state index in [-0.39, 0.29) is 11.5 Å². The van der Waals surface area contributed by atoms with E-state index in [2.05, 4.69) is 20.3 Å². The number of aromatic carboxylic acids is 1. The zero-order chi connectivity index (χ0) is 14.0. The molecule has 0 aliphatic carbocycles. The van der Waals surface area contributed by atoms with Crippen LogP contribution in [0.5, 0.6) is 0 Å². The quantitative estimate of drug-likeness (QED) is 0.746. The molecule has 4 N–H and O–H groups in total. The number of carbonyl (C=O) groups is 2. The van der Waals surface area contributed by atoms with Crippen molar-refractivity contribution < 1.29 is 23.7 Å². The SMILES string of the molecule is Nc1nonc1C(=O)Nc1c(F)cccc1C(=O)O. The van der Waals surface area contributed by atoms with Crippen LogP contribution in [0, 0.1) is 5.82 Å². The third kappa shape index (κ3) is 2.34. The van der Waals surface area contributed by atoms with Crippen molar-refractivity contribution in [2.45, 2.75) is 0 Å². The predicted octanol–water partition coefficient (Wildman–Crippen LogP) is 0.741. The Kier molecular flexibility index (Phi) is 3.10. The van der Waals surface area contributed by atoms with Crippen LogP contribution in [0.3, 0.4) is 0 Å². The second kappa shape index (κ2) is 4.72. The van der Waals surface area contributed by atoms with Gasteiger partial charge in [0.05, 0.1) is 11.3 Å². The number of anilines is 2. The molecule has 0 spiro atoms. The molecule has 19 heavy (non-hydrogen) atoms. The minimum absolute atomic E-state index is 0.286. The molecule has 8 nitrogen and oxygen atoms in total. The van der Waals surface area contributed by atoms with Gasteiger partial charge in [0.25, 0.3) is 5.91 Å². The lowest BCUT2D eigenvalue weighted by Crippen LogP contribution is -2.17. The summed E-state index contributed by atoms with van der Waals surface area (Å²) in [6.07, 6.45) is 0. The van der Waals surface area contributed by atoms with E-state index in [1.165, 1.54) is 6.07 Å². The Morgan fingerprint density at radius 3 is 2.68 bits per heavy atom. The largest absolute Gasteiger partial charge is 0.478 e. The number of carboxylic acids is 1. The van der Waals surface area contributed by atoms with Crippen molar-refractivity contribution in [2.24, 2.45) is 0 Å². The van der Waals surface area contributed by atoms with Gasteiger partial charge in [-0.1, -0.05) is 6.07 Å². The number of nitrogens with zero attached hydrogens (tertiary/aromatic N) is 2. The van der Waals surface area contributed by atoms with Crippen molar-refractivity contribution in [3.8, 4) is 0 Å². The Balaban J connectivity index is 2.36. The summed E-state index contributed by atoms with van der Waals surface area (Å²) in [6.45, 7) is 0.